The Balaban J connectivity index is 1.90. The Bertz CT molecular complexity index is 417. The predicted octanol–water partition coefficient (Wildman–Crippen LogP) is 0.979. The minimum atomic E-state index is -0.104. The van der Waals surface area contributed by atoms with Gasteiger partial charge < -0.3 is 10.4 Å². The van der Waals surface area contributed by atoms with Gasteiger partial charge in [-0.15, -0.1) is 11.8 Å². The zero-order chi connectivity index (χ0) is 12.3. The second kappa shape index (κ2) is 5.42. The van der Waals surface area contributed by atoms with Crippen molar-refractivity contribution in [3.63, 3.8) is 0 Å². The molecule has 0 saturated carbocycles. The monoisotopic (exact) mass is 252 g/mol. The van der Waals surface area contributed by atoms with Crippen LogP contribution in [0.4, 0.5) is 0 Å². The fraction of sp³-hybridized carbons (Fsp3) is 0.417. The topological polar surface area (TPSA) is 61.4 Å². The van der Waals surface area contributed by atoms with Crippen LogP contribution >= 0.6 is 11.8 Å². The molecule has 1 amide bonds. The molecule has 0 radical (unpaired) electrons. The summed E-state index contributed by atoms with van der Waals surface area (Å²) in [6.45, 7) is 2.29. The molecular weight excluding hydrogens is 236 g/mol. The number of aromatic hydroxyl groups is 1. The quantitative estimate of drug-likeness (QED) is 0.750. The van der Waals surface area contributed by atoms with Crippen molar-refractivity contribution in [1.82, 2.24) is 10.6 Å². The zero-order valence-electron chi connectivity index (χ0n) is 9.69. The van der Waals surface area contributed by atoms with E-state index in [0.29, 0.717) is 6.54 Å². The van der Waals surface area contributed by atoms with Crippen LogP contribution in [0.2, 0.25) is 0 Å². The van der Waals surface area contributed by atoms with E-state index < -0.39 is 0 Å². The van der Waals surface area contributed by atoms with Gasteiger partial charge in [0.25, 0.3) is 0 Å². The zero-order valence-corrected chi connectivity index (χ0v) is 10.5. The van der Waals surface area contributed by atoms with Gasteiger partial charge in [-0.2, -0.15) is 0 Å². The third-order valence-corrected chi connectivity index (χ3v) is 3.67. The molecule has 1 aliphatic heterocycles. The molecule has 0 spiro atoms. The third kappa shape index (κ3) is 3.14. The molecule has 1 atom stereocenters. The Morgan fingerprint density at radius 1 is 1.65 bits per heavy atom. The lowest BCUT2D eigenvalue weighted by Crippen LogP contribution is -2.41. The number of nitrogens with one attached hydrogen (secondary N) is 2. The minimum Gasteiger partial charge on any atom is -0.508 e. The van der Waals surface area contributed by atoms with Gasteiger partial charge in [-0.05, 0) is 18.6 Å². The van der Waals surface area contributed by atoms with E-state index in [1.807, 2.05) is 19.1 Å². The molecule has 1 aromatic rings. The number of phenolic OH excluding ortho intramolecular Hbond substituents is 1. The summed E-state index contributed by atoms with van der Waals surface area (Å²) in [4.78, 5) is 11.7. The van der Waals surface area contributed by atoms with E-state index in [-0.39, 0.29) is 17.7 Å². The van der Waals surface area contributed by atoms with Crippen LogP contribution in [-0.4, -0.2) is 28.7 Å². The maximum absolute atomic E-state index is 11.7. The third-order valence-electron chi connectivity index (χ3n) is 2.73. The highest BCUT2D eigenvalue weighted by atomic mass is 32.2. The number of phenols is 1. The van der Waals surface area contributed by atoms with Crippen molar-refractivity contribution in [2.75, 3.05) is 11.6 Å². The summed E-state index contributed by atoms with van der Waals surface area (Å²) in [5, 5.41) is 15.6. The van der Waals surface area contributed by atoms with Crippen molar-refractivity contribution >= 4 is 17.7 Å². The fourth-order valence-electron chi connectivity index (χ4n) is 1.69. The molecule has 1 aliphatic rings. The van der Waals surface area contributed by atoms with Crippen molar-refractivity contribution in [3.05, 3.63) is 29.3 Å². The van der Waals surface area contributed by atoms with Crippen LogP contribution < -0.4 is 10.6 Å². The molecule has 17 heavy (non-hydrogen) atoms. The summed E-state index contributed by atoms with van der Waals surface area (Å²) in [5.74, 6) is 1.87. The van der Waals surface area contributed by atoms with Gasteiger partial charge in [0.1, 0.15) is 5.75 Å². The second-order valence-electron chi connectivity index (χ2n) is 4.12. The second-order valence-corrected chi connectivity index (χ2v) is 5.15. The first kappa shape index (κ1) is 12.3. The molecule has 1 aromatic carbocycles. The minimum absolute atomic E-state index is 0.00465. The lowest BCUT2D eigenvalue weighted by Gasteiger charge is -2.11. The van der Waals surface area contributed by atoms with E-state index in [9.17, 15) is 9.90 Å². The maximum Gasteiger partial charge on any atom is 0.238 e. The smallest absolute Gasteiger partial charge is 0.238 e. The number of hydrogen-bond donors (Lipinski definition) is 3. The van der Waals surface area contributed by atoms with Crippen molar-refractivity contribution < 1.29 is 9.90 Å². The lowest BCUT2D eigenvalue weighted by atomic mass is 10.1. The van der Waals surface area contributed by atoms with Gasteiger partial charge in [0.05, 0.1) is 6.04 Å². The Labute approximate surface area is 105 Å². The van der Waals surface area contributed by atoms with Crippen molar-refractivity contribution in [1.29, 1.82) is 0 Å². The van der Waals surface area contributed by atoms with Gasteiger partial charge in [0, 0.05) is 23.7 Å². The number of carbonyl (C=O) groups excluding carboxylic acids is 1. The summed E-state index contributed by atoms with van der Waals surface area (Å²) < 4.78 is 0. The molecule has 5 heteroatoms. The van der Waals surface area contributed by atoms with Crippen LogP contribution in [0.3, 0.4) is 0 Å². The standard InChI is InChI=1S/C12H16N2O2S/c1-8-2-3-9(11(15)4-8)5-13-12(16)10-6-17-7-14-10/h2-4,10,14-15H,5-7H2,1H3,(H,13,16)/t10-/m0/s1. The number of amides is 1. The number of carbonyl (C=O) groups is 1. The molecule has 2 rings (SSSR count). The van der Waals surface area contributed by atoms with Crippen LogP contribution in [0.25, 0.3) is 0 Å². The van der Waals surface area contributed by atoms with Gasteiger partial charge in [-0.25, -0.2) is 0 Å². The van der Waals surface area contributed by atoms with Crippen LogP contribution in [0, 0.1) is 6.92 Å². The Morgan fingerprint density at radius 2 is 2.47 bits per heavy atom. The number of thioether (sulfide) groups is 1. The van der Waals surface area contributed by atoms with E-state index in [2.05, 4.69) is 10.6 Å². The fourth-order valence-corrected chi connectivity index (χ4v) is 2.63. The predicted molar refractivity (Wildman–Crippen MR) is 68.9 cm³/mol. The Kier molecular flexibility index (Phi) is 3.91. The van der Waals surface area contributed by atoms with Gasteiger partial charge >= 0.3 is 0 Å². The molecule has 3 N–H and O–H groups in total. The lowest BCUT2D eigenvalue weighted by molar-refractivity contribution is -0.122. The molecule has 4 nitrogen and oxygen atoms in total. The van der Waals surface area contributed by atoms with Gasteiger partial charge in [-0.1, -0.05) is 12.1 Å². The molecule has 92 valence electrons. The summed E-state index contributed by atoms with van der Waals surface area (Å²) in [6.07, 6.45) is 0. The largest absolute Gasteiger partial charge is 0.508 e. The first-order valence-electron chi connectivity index (χ1n) is 5.54. The van der Waals surface area contributed by atoms with Crippen LogP contribution in [0.5, 0.6) is 5.75 Å². The maximum atomic E-state index is 11.7. The van der Waals surface area contributed by atoms with E-state index in [1.165, 1.54) is 0 Å². The summed E-state index contributed by atoms with van der Waals surface area (Å²) in [6, 6.07) is 5.35. The molecule has 1 fully saturated rings. The molecular formula is C12H16N2O2S. The van der Waals surface area contributed by atoms with Crippen LogP contribution in [0.15, 0.2) is 18.2 Å². The van der Waals surface area contributed by atoms with Crippen molar-refractivity contribution in [2.45, 2.75) is 19.5 Å². The number of aryl methyl sites for hydroxylation is 1. The van der Waals surface area contributed by atoms with E-state index in [1.54, 1.807) is 17.8 Å². The normalized spacial score (nSPS) is 19.2. The highest BCUT2D eigenvalue weighted by molar-refractivity contribution is 7.99. The van der Waals surface area contributed by atoms with Gasteiger partial charge in [0.15, 0.2) is 0 Å². The molecule has 0 bridgehead atoms. The van der Waals surface area contributed by atoms with Gasteiger partial charge in [-0.3, -0.25) is 10.1 Å². The van der Waals surface area contributed by atoms with E-state index >= 15 is 0 Å². The molecule has 0 unspecified atom stereocenters. The number of hydrogen-bond acceptors (Lipinski definition) is 4. The molecule has 1 saturated heterocycles. The number of benzene rings is 1. The summed E-state index contributed by atoms with van der Waals surface area (Å²) in [5.41, 5.74) is 1.75. The number of rotatable bonds is 3. The first-order chi connectivity index (χ1) is 8.16. The SMILES string of the molecule is Cc1ccc(CNC(=O)[C@@H]2CSCN2)c(O)c1. The summed E-state index contributed by atoms with van der Waals surface area (Å²) >= 11 is 1.72. The molecule has 0 aliphatic carbocycles. The highest BCUT2D eigenvalue weighted by Crippen LogP contribution is 2.18. The Morgan fingerprint density at radius 3 is 3.12 bits per heavy atom. The summed E-state index contributed by atoms with van der Waals surface area (Å²) in [7, 11) is 0. The van der Waals surface area contributed by atoms with E-state index in [4.69, 9.17) is 0 Å². The van der Waals surface area contributed by atoms with Crippen LogP contribution in [0.1, 0.15) is 11.1 Å². The average molecular weight is 252 g/mol. The molecule has 0 aromatic heterocycles. The van der Waals surface area contributed by atoms with Gasteiger partial charge in [0.2, 0.25) is 5.91 Å². The van der Waals surface area contributed by atoms with E-state index in [0.717, 1.165) is 22.8 Å². The molecule has 1 heterocycles. The highest BCUT2D eigenvalue weighted by Gasteiger charge is 2.22. The van der Waals surface area contributed by atoms with Crippen LogP contribution in [-0.2, 0) is 11.3 Å². The Hall–Kier alpha value is -1.20. The first-order valence-corrected chi connectivity index (χ1v) is 6.69. The van der Waals surface area contributed by atoms with Crippen molar-refractivity contribution in [3.8, 4) is 5.75 Å². The van der Waals surface area contributed by atoms with Crippen molar-refractivity contribution in [2.24, 2.45) is 0 Å². The average Bonchev–Trinajstić information content (AvgIpc) is 2.81.